The van der Waals surface area contributed by atoms with E-state index in [4.69, 9.17) is 4.74 Å². The summed E-state index contributed by atoms with van der Waals surface area (Å²) in [6.07, 6.45) is 0. The molecule has 0 atom stereocenters. The van der Waals surface area contributed by atoms with Crippen LogP contribution in [-0.4, -0.2) is 36.0 Å². The molecule has 0 aliphatic rings. The summed E-state index contributed by atoms with van der Waals surface area (Å²) in [6.45, 7) is 1.60. The van der Waals surface area contributed by atoms with E-state index < -0.39 is 24.5 Å². The first-order chi connectivity index (χ1) is 10.1. The number of ether oxygens (including phenoxy) is 1. The minimum absolute atomic E-state index is 0.252. The lowest BCUT2D eigenvalue weighted by Gasteiger charge is -2.05. The van der Waals surface area contributed by atoms with E-state index in [0.29, 0.717) is 6.54 Å². The highest BCUT2D eigenvalue weighted by Crippen LogP contribution is 2.15. The van der Waals surface area contributed by atoms with E-state index in [1.165, 1.54) is 0 Å². The molecule has 7 nitrogen and oxygen atoms in total. The molecule has 1 aromatic carbocycles. The Morgan fingerprint density at radius 2 is 2.00 bits per heavy atom. The van der Waals surface area contributed by atoms with Gasteiger partial charge in [0.15, 0.2) is 6.61 Å². The average Bonchev–Trinajstić information content (AvgIpc) is 2.89. The molecule has 2 rings (SSSR count). The molecule has 0 saturated carbocycles. The monoisotopic (exact) mass is 289 g/mol. The second-order valence-corrected chi connectivity index (χ2v) is 4.25. The van der Waals surface area contributed by atoms with Gasteiger partial charge in [-0.3, -0.25) is 10.1 Å². The number of rotatable bonds is 4. The number of hydrogen-bond donors (Lipinski definition) is 3. The fourth-order valence-electron chi connectivity index (χ4n) is 1.76. The number of H-pyrrole nitrogens is 1. The maximum Gasteiger partial charge on any atom is 0.355 e. The van der Waals surface area contributed by atoms with Crippen LogP contribution in [0.3, 0.4) is 0 Å². The minimum Gasteiger partial charge on any atom is -0.451 e. The SMILES string of the molecule is CCNC(=O)NC(=O)COC(=O)c1cc2ccccc2[nH]1. The number of aromatic nitrogens is 1. The molecule has 110 valence electrons. The predicted octanol–water partition coefficient (Wildman–Crippen LogP) is 1.17. The van der Waals surface area contributed by atoms with Crippen LogP contribution in [0.25, 0.3) is 10.9 Å². The van der Waals surface area contributed by atoms with E-state index in [0.717, 1.165) is 10.9 Å². The average molecular weight is 289 g/mol. The smallest absolute Gasteiger partial charge is 0.355 e. The van der Waals surface area contributed by atoms with Crippen molar-refractivity contribution < 1.29 is 19.1 Å². The zero-order chi connectivity index (χ0) is 15.2. The van der Waals surface area contributed by atoms with Gasteiger partial charge in [0.05, 0.1) is 0 Å². The molecule has 2 aromatic rings. The van der Waals surface area contributed by atoms with E-state index in [1.54, 1.807) is 13.0 Å². The largest absolute Gasteiger partial charge is 0.451 e. The van der Waals surface area contributed by atoms with Crippen LogP contribution < -0.4 is 10.6 Å². The van der Waals surface area contributed by atoms with E-state index in [1.807, 2.05) is 29.6 Å². The fraction of sp³-hybridized carbons (Fsp3) is 0.214. The highest BCUT2D eigenvalue weighted by molar-refractivity contribution is 5.98. The van der Waals surface area contributed by atoms with Crippen molar-refractivity contribution in [3.8, 4) is 0 Å². The van der Waals surface area contributed by atoms with Crippen LogP contribution in [0.5, 0.6) is 0 Å². The molecule has 3 amide bonds. The number of carbonyl (C=O) groups excluding carboxylic acids is 3. The van der Waals surface area contributed by atoms with E-state index in [2.05, 4.69) is 10.3 Å². The highest BCUT2D eigenvalue weighted by Gasteiger charge is 2.14. The summed E-state index contributed by atoms with van der Waals surface area (Å²) >= 11 is 0. The number of carbonyl (C=O) groups is 3. The zero-order valence-corrected chi connectivity index (χ0v) is 11.4. The molecule has 0 aliphatic heterocycles. The Hall–Kier alpha value is -2.83. The molecule has 21 heavy (non-hydrogen) atoms. The van der Waals surface area contributed by atoms with Gasteiger partial charge in [0.25, 0.3) is 5.91 Å². The van der Waals surface area contributed by atoms with Crippen molar-refractivity contribution >= 4 is 28.8 Å². The van der Waals surface area contributed by atoms with Crippen molar-refractivity contribution in [1.82, 2.24) is 15.6 Å². The second kappa shape index (κ2) is 6.56. The third-order valence-corrected chi connectivity index (χ3v) is 2.67. The fourth-order valence-corrected chi connectivity index (χ4v) is 1.76. The first-order valence-corrected chi connectivity index (χ1v) is 6.42. The number of amides is 3. The molecule has 0 unspecified atom stereocenters. The van der Waals surface area contributed by atoms with Crippen LogP contribution in [0.1, 0.15) is 17.4 Å². The number of para-hydroxylation sites is 1. The number of esters is 1. The Morgan fingerprint density at radius 3 is 2.71 bits per heavy atom. The first kappa shape index (κ1) is 14.6. The van der Waals surface area contributed by atoms with Crippen LogP contribution in [0.15, 0.2) is 30.3 Å². The van der Waals surface area contributed by atoms with Gasteiger partial charge >= 0.3 is 12.0 Å². The van der Waals surface area contributed by atoms with E-state index in [9.17, 15) is 14.4 Å². The summed E-state index contributed by atoms with van der Waals surface area (Å²) in [7, 11) is 0. The quantitative estimate of drug-likeness (QED) is 0.735. The molecule has 0 aliphatic carbocycles. The first-order valence-electron chi connectivity index (χ1n) is 6.42. The van der Waals surface area contributed by atoms with E-state index in [-0.39, 0.29) is 5.69 Å². The highest BCUT2D eigenvalue weighted by atomic mass is 16.5. The maximum absolute atomic E-state index is 11.8. The maximum atomic E-state index is 11.8. The number of aromatic amines is 1. The van der Waals surface area contributed by atoms with Crippen LogP contribution >= 0.6 is 0 Å². The molecular weight excluding hydrogens is 274 g/mol. The number of fused-ring (bicyclic) bond motifs is 1. The van der Waals surface area contributed by atoms with Crippen molar-refractivity contribution in [2.75, 3.05) is 13.2 Å². The minimum atomic E-state index is -0.689. The summed E-state index contributed by atoms with van der Waals surface area (Å²) in [5, 5.41) is 5.31. The lowest BCUT2D eigenvalue weighted by atomic mass is 10.2. The normalized spacial score (nSPS) is 10.1. The van der Waals surface area contributed by atoms with Crippen molar-refractivity contribution in [1.29, 1.82) is 0 Å². The molecule has 0 spiro atoms. The van der Waals surface area contributed by atoms with Gasteiger partial charge in [-0.15, -0.1) is 0 Å². The van der Waals surface area contributed by atoms with Crippen LogP contribution in [0.4, 0.5) is 4.79 Å². The van der Waals surface area contributed by atoms with Crippen LogP contribution in [0, 0.1) is 0 Å². The van der Waals surface area contributed by atoms with Gasteiger partial charge in [0, 0.05) is 17.4 Å². The van der Waals surface area contributed by atoms with Gasteiger partial charge in [0.1, 0.15) is 5.69 Å². The summed E-state index contributed by atoms with van der Waals surface area (Å²) in [6, 6.07) is 8.39. The van der Waals surface area contributed by atoms with E-state index >= 15 is 0 Å². The van der Waals surface area contributed by atoms with Crippen LogP contribution in [0.2, 0.25) is 0 Å². The third kappa shape index (κ3) is 3.82. The third-order valence-electron chi connectivity index (χ3n) is 2.67. The van der Waals surface area contributed by atoms with Crippen molar-refractivity contribution in [2.24, 2.45) is 0 Å². The molecule has 3 N–H and O–H groups in total. The van der Waals surface area contributed by atoms with Gasteiger partial charge < -0.3 is 15.0 Å². The Bertz CT molecular complexity index is 645. The number of hydrogen-bond acceptors (Lipinski definition) is 4. The number of nitrogens with one attached hydrogen (secondary N) is 3. The van der Waals surface area contributed by atoms with Crippen molar-refractivity contribution in [2.45, 2.75) is 6.92 Å². The van der Waals surface area contributed by atoms with Gasteiger partial charge in [-0.2, -0.15) is 0 Å². The number of benzene rings is 1. The molecule has 0 bridgehead atoms. The number of urea groups is 1. The van der Waals surface area contributed by atoms with Gasteiger partial charge in [-0.1, -0.05) is 18.2 Å². The summed E-state index contributed by atoms with van der Waals surface area (Å²) < 4.78 is 4.84. The van der Waals surface area contributed by atoms with Crippen molar-refractivity contribution in [3.63, 3.8) is 0 Å². The molecule has 1 aromatic heterocycles. The van der Waals surface area contributed by atoms with Crippen molar-refractivity contribution in [3.05, 3.63) is 36.0 Å². The number of imide groups is 1. The van der Waals surface area contributed by atoms with Gasteiger partial charge in [0.2, 0.25) is 0 Å². The second-order valence-electron chi connectivity index (χ2n) is 4.25. The molecule has 1 heterocycles. The molecule has 7 heteroatoms. The molecule has 0 saturated heterocycles. The summed E-state index contributed by atoms with van der Waals surface area (Å²) in [4.78, 5) is 37.2. The van der Waals surface area contributed by atoms with Gasteiger partial charge in [-0.05, 0) is 19.1 Å². The molecule has 0 radical (unpaired) electrons. The summed E-state index contributed by atoms with van der Waals surface area (Å²) in [5.74, 6) is -1.34. The Kier molecular flexibility index (Phi) is 4.55. The molecular formula is C14H15N3O4. The Morgan fingerprint density at radius 1 is 1.24 bits per heavy atom. The van der Waals surface area contributed by atoms with Gasteiger partial charge in [-0.25, -0.2) is 9.59 Å². The lowest BCUT2D eigenvalue weighted by molar-refractivity contribution is -0.123. The standard InChI is InChI=1S/C14H15N3O4/c1-2-15-14(20)17-12(18)8-21-13(19)11-7-9-5-3-4-6-10(9)16-11/h3-7,16H,2,8H2,1H3,(H2,15,17,18,20). The Labute approximate surface area is 120 Å². The zero-order valence-electron chi connectivity index (χ0n) is 11.4. The Balaban J connectivity index is 1.89. The van der Waals surface area contributed by atoms with Crippen LogP contribution in [-0.2, 0) is 9.53 Å². The lowest BCUT2D eigenvalue weighted by Crippen LogP contribution is -2.41. The predicted molar refractivity (Wildman–Crippen MR) is 75.8 cm³/mol. The topological polar surface area (TPSA) is 100 Å². The summed E-state index contributed by atoms with van der Waals surface area (Å²) in [5.41, 5.74) is 1.05. The molecule has 0 fully saturated rings.